The molecule has 6 heteroatoms. The van der Waals surface area contributed by atoms with E-state index in [0.29, 0.717) is 12.3 Å². The molecule has 0 radical (unpaired) electrons. The summed E-state index contributed by atoms with van der Waals surface area (Å²) in [6.07, 6.45) is 2.95. The minimum Gasteiger partial charge on any atom is -0.291 e. The van der Waals surface area contributed by atoms with Gasteiger partial charge >= 0.3 is 5.69 Å². The van der Waals surface area contributed by atoms with Crippen LogP contribution < -0.4 is 5.69 Å². The quantitative estimate of drug-likeness (QED) is 0.643. The number of rotatable bonds is 4. The van der Waals surface area contributed by atoms with Gasteiger partial charge in [0, 0.05) is 16.1 Å². The molecule has 3 rings (SSSR count). The summed E-state index contributed by atoms with van der Waals surface area (Å²) in [6, 6.07) is 6.13. The lowest BCUT2D eigenvalue weighted by Crippen LogP contribution is -2.27. The molecule has 0 amide bonds. The highest BCUT2D eigenvalue weighted by Gasteiger charge is 2.22. The second-order valence-electron chi connectivity index (χ2n) is 4.59. The van der Waals surface area contributed by atoms with Gasteiger partial charge in [-0.25, -0.2) is 4.79 Å². The Morgan fingerprint density at radius 2 is 2.40 bits per heavy atom. The number of hydrogen-bond acceptors (Lipinski definition) is 5. The minimum atomic E-state index is -0.195. The van der Waals surface area contributed by atoms with Crippen LogP contribution in [0.2, 0.25) is 0 Å². The molecule has 1 aliphatic carbocycles. The van der Waals surface area contributed by atoms with Crippen molar-refractivity contribution in [3.05, 3.63) is 44.1 Å². The Balaban J connectivity index is 2.02. The third-order valence-corrected chi connectivity index (χ3v) is 5.11. The smallest absolute Gasteiger partial charge is 0.291 e. The van der Waals surface area contributed by atoms with Crippen LogP contribution in [0, 0.1) is 11.3 Å². The van der Waals surface area contributed by atoms with Crippen LogP contribution in [0.25, 0.3) is 0 Å². The van der Waals surface area contributed by atoms with Gasteiger partial charge in [-0.1, -0.05) is 17.8 Å². The second-order valence-corrected chi connectivity index (χ2v) is 6.59. The molecule has 2 heterocycles. The average molecular weight is 303 g/mol. The molecule has 1 aliphatic rings. The van der Waals surface area contributed by atoms with Crippen molar-refractivity contribution in [1.29, 1.82) is 5.26 Å². The Hall–Kier alpha value is -1.58. The molecule has 0 N–H and O–H groups in total. The normalized spacial score (nSPS) is 13.2. The van der Waals surface area contributed by atoms with E-state index in [9.17, 15) is 4.79 Å². The molecule has 0 unspecified atom stereocenters. The van der Waals surface area contributed by atoms with Gasteiger partial charge < -0.3 is 0 Å². The van der Waals surface area contributed by atoms with Crippen molar-refractivity contribution in [2.75, 3.05) is 5.75 Å². The molecule has 0 atom stereocenters. The summed E-state index contributed by atoms with van der Waals surface area (Å²) in [4.78, 5) is 17.6. The number of thioether (sulfide) groups is 1. The maximum Gasteiger partial charge on any atom is 0.349 e. The summed E-state index contributed by atoms with van der Waals surface area (Å²) >= 11 is 3.03. The summed E-state index contributed by atoms with van der Waals surface area (Å²) in [5.74, 6) is 0.341. The van der Waals surface area contributed by atoms with Crippen molar-refractivity contribution in [2.24, 2.45) is 0 Å². The molecule has 0 saturated heterocycles. The number of aromatic nitrogens is 2. The molecule has 2 aromatic rings. The molecule has 0 saturated carbocycles. The number of thiophene rings is 1. The molecule has 4 nitrogen and oxygen atoms in total. The van der Waals surface area contributed by atoms with Crippen LogP contribution in [0.15, 0.2) is 27.3 Å². The fraction of sp³-hybridized carbons (Fsp3) is 0.357. The Labute approximate surface area is 125 Å². The fourth-order valence-electron chi connectivity index (χ4n) is 2.53. The minimum absolute atomic E-state index is 0.195. The topological polar surface area (TPSA) is 58.7 Å². The predicted molar refractivity (Wildman–Crippen MR) is 80.3 cm³/mol. The zero-order valence-electron chi connectivity index (χ0n) is 10.8. The van der Waals surface area contributed by atoms with Crippen LogP contribution in [0.4, 0.5) is 0 Å². The highest BCUT2D eigenvalue weighted by Crippen LogP contribution is 2.29. The van der Waals surface area contributed by atoms with E-state index < -0.39 is 0 Å². The van der Waals surface area contributed by atoms with E-state index in [1.165, 1.54) is 22.2 Å². The third-order valence-electron chi connectivity index (χ3n) is 3.37. The van der Waals surface area contributed by atoms with Gasteiger partial charge in [-0.2, -0.15) is 10.2 Å². The molecular weight excluding hydrogens is 290 g/mol. The van der Waals surface area contributed by atoms with Gasteiger partial charge in [-0.05, 0) is 30.7 Å². The van der Waals surface area contributed by atoms with Gasteiger partial charge in [0.25, 0.3) is 0 Å². The lowest BCUT2D eigenvalue weighted by molar-refractivity contribution is 0.673. The summed E-state index contributed by atoms with van der Waals surface area (Å²) in [7, 11) is 0. The standard InChI is InChI=1S/C14H13N3OS2/c15-6-8-20-13-11-4-1-5-12(11)17(14(18)16-13)9-10-3-2-7-19-10/h2-3,7H,1,4-5,8-9H2. The van der Waals surface area contributed by atoms with Gasteiger partial charge in [-0.3, -0.25) is 4.57 Å². The summed E-state index contributed by atoms with van der Waals surface area (Å²) in [5, 5.41) is 11.5. The van der Waals surface area contributed by atoms with Crippen molar-refractivity contribution >= 4 is 23.1 Å². The van der Waals surface area contributed by atoms with Crippen molar-refractivity contribution in [2.45, 2.75) is 30.8 Å². The first-order valence-corrected chi connectivity index (χ1v) is 8.31. The van der Waals surface area contributed by atoms with Gasteiger partial charge in [0.2, 0.25) is 0 Å². The van der Waals surface area contributed by atoms with Crippen LogP contribution in [-0.4, -0.2) is 15.3 Å². The number of fused-ring (bicyclic) bond motifs is 1. The van der Waals surface area contributed by atoms with Crippen LogP contribution >= 0.6 is 23.1 Å². The van der Waals surface area contributed by atoms with E-state index in [1.54, 1.807) is 15.9 Å². The van der Waals surface area contributed by atoms with E-state index in [2.05, 4.69) is 11.1 Å². The lowest BCUT2D eigenvalue weighted by atomic mass is 10.2. The van der Waals surface area contributed by atoms with E-state index in [1.807, 2.05) is 17.5 Å². The molecule has 0 aromatic carbocycles. The van der Waals surface area contributed by atoms with Crippen LogP contribution in [0.3, 0.4) is 0 Å². The lowest BCUT2D eigenvalue weighted by Gasteiger charge is -2.12. The van der Waals surface area contributed by atoms with E-state index in [-0.39, 0.29) is 5.69 Å². The number of hydrogen-bond donors (Lipinski definition) is 0. The SMILES string of the molecule is N#CCSc1nc(=O)n(Cc2cccs2)c2c1CCC2. The Morgan fingerprint density at radius 3 is 3.15 bits per heavy atom. The van der Waals surface area contributed by atoms with Crippen LogP contribution in [0.5, 0.6) is 0 Å². The van der Waals surface area contributed by atoms with Crippen molar-refractivity contribution in [3.8, 4) is 6.07 Å². The zero-order chi connectivity index (χ0) is 13.9. The van der Waals surface area contributed by atoms with Gasteiger partial charge in [0.05, 0.1) is 18.4 Å². The van der Waals surface area contributed by atoms with Gasteiger partial charge in [-0.15, -0.1) is 11.3 Å². The van der Waals surface area contributed by atoms with Crippen molar-refractivity contribution in [1.82, 2.24) is 9.55 Å². The first-order chi connectivity index (χ1) is 9.79. The number of nitriles is 1. The Morgan fingerprint density at radius 1 is 1.50 bits per heavy atom. The fourth-order valence-corrected chi connectivity index (χ4v) is 3.96. The number of nitrogens with zero attached hydrogens (tertiary/aromatic N) is 3. The summed E-state index contributed by atoms with van der Waals surface area (Å²) < 4.78 is 1.80. The maximum absolute atomic E-state index is 12.2. The van der Waals surface area contributed by atoms with Crippen LogP contribution in [0.1, 0.15) is 22.6 Å². The van der Waals surface area contributed by atoms with Gasteiger partial charge in [0.1, 0.15) is 5.03 Å². The molecule has 20 heavy (non-hydrogen) atoms. The molecule has 0 bridgehead atoms. The average Bonchev–Trinajstić information content (AvgIpc) is 3.10. The highest BCUT2D eigenvalue weighted by molar-refractivity contribution is 7.99. The zero-order valence-corrected chi connectivity index (χ0v) is 12.5. The van der Waals surface area contributed by atoms with Crippen molar-refractivity contribution in [3.63, 3.8) is 0 Å². The van der Waals surface area contributed by atoms with Crippen molar-refractivity contribution < 1.29 is 0 Å². The first kappa shape index (κ1) is 13.4. The molecule has 2 aromatic heterocycles. The molecule has 0 spiro atoms. The molecule has 0 fully saturated rings. The first-order valence-electron chi connectivity index (χ1n) is 6.44. The Bertz CT molecular complexity index is 713. The molecular formula is C14H13N3OS2. The molecule has 0 aliphatic heterocycles. The van der Waals surface area contributed by atoms with E-state index in [4.69, 9.17) is 5.26 Å². The maximum atomic E-state index is 12.2. The largest absolute Gasteiger partial charge is 0.349 e. The summed E-state index contributed by atoms with van der Waals surface area (Å²) in [5.41, 5.74) is 2.08. The third kappa shape index (κ3) is 2.51. The molecule has 102 valence electrons. The second kappa shape index (κ2) is 5.81. The van der Waals surface area contributed by atoms with Crippen LogP contribution in [-0.2, 0) is 19.4 Å². The predicted octanol–water partition coefficient (Wildman–Crippen LogP) is 2.46. The monoisotopic (exact) mass is 303 g/mol. The summed E-state index contributed by atoms with van der Waals surface area (Å²) in [6.45, 7) is 0.606. The van der Waals surface area contributed by atoms with E-state index >= 15 is 0 Å². The highest BCUT2D eigenvalue weighted by atomic mass is 32.2. The van der Waals surface area contributed by atoms with Gasteiger partial charge in [0.15, 0.2) is 0 Å². The van der Waals surface area contributed by atoms with E-state index in [0.717, 1.165) is 30.0 Å². The Kier molecular flexibility index (Phi) is 3.90.